The van der Waals surface area contributed by atoms with Gasteiger partial charge in [0.2, 0.25) is 5.82 Å². The van der Waals surface area contributed by atoms with Crippen molar-refractivity contribution in [3.05, 3.63) is 34.6 Å². The summed E-state index contributed by atoms with van der Waals surface area (Å²) < 4.78 is 65.9. The first-order valence-corrected chi connectivity index (χ1v) is 5.81. The number of aliphatic carboxylic acids is 1. The van der Waals surface area contributed by atoms with Gasteiger partial charge in [0.15, 0.2) is 23.3 Å². The molecule has 1 aromatic carbocycles. The Labute approximate surface area is 110 Å². The lowest BCUT2D eigenvalue weighted by atomic mass is 10.1. The Morgan fingerprint density at radius 1 is 1.05 bits per heavy atom. The molecule has 0 amide bonds. The third-order valence-electron chi connectivity index (χ3n) is 3.31. The third kappa shape index (κ3) is 2.35. The maximum atomic E-state index is 13.5. The van der Waals surface area contributed by atoms with Gasteiger partial charge in [-0.25, -0.2) is 22.0 Å². The van der Waals surface area contributed by atoms with Crippen LogP contribution in [0.15, 0.2) is 0 Å². The predicted octanol–water partition coefficient (Wildman–Crippen LogP) is 2.43. The predicted molar refractivity (Wildman–Crippen MR) is 57.3 cm³/mol. The van der Waals surface area contributed by atoms with Gasteiger partial charge in [0, 0.05) is 12.1 Å². The number of carboxylic acid groups (broad SMARTS) is 1. The fourth-order valence-corrected chi connectivity index (χ4v) is 2.29. The Bertz CT molecular complexity index is 534. The molecule has 1 N–H and O–H groups in total. The largest absolute Gasteiger partial charge is 0.480 e. The molecule has 8 heteroatoms. The number of carbonyl (C=O) groups is 1. The molecule has 1 aromatic rings. The Morgan fingerprint density at radius 2 is 1.55 bits per heavy atom. The standard InChI is InChI=1S/C12H10F5NO2/c13-7-5(8(14)10(16)11(17)9(7)15)4-18-3-1-2-6(18)12(19)20/h6H,1-4H2,(H,19,20)/t6-/m0/s1. The molecule has 1 atom stereocenters. The van der Waals surface area contributed by atoms with Crippen LogP contribution in [0, 0.1) is 29.1 Å². The van der Waals surface area contributed by atoms with Crippen molar-refractivity contribution in [2.45, 2.75) is 25.4 Å². The maximum absolute atomic E-state index is 13.5. The van der Waals surface area contributed by atoms with Gasteiger partial charge in [-0.15, -0.1) is 0 Å². The Morgan fingerprint density at radius 3 is 2.05 bits per heavy atom. The molecule has 2 rings (SSSR count). The number of rotatable bonds is 3. The third-order valence-corrected chi connectivity index (χ3v) is 3.31. The van der Waals surface area contributed by atoms with Gasteiger partial charge in [-0.3, -0.25) is 9.69 Å². The van der Waals surface area contributed by atoms with Gasteiger partial charge in [0.25, 0.3) is 0 Å². The first kappa shape index (κ1) is 14.7. The molecule has 0 aliphatic carbocycles. The molecule has 1 aliphatic rings. The van der Waals surface area contributed by atoms with Crippen molar-refractivity contribution in [3.63, 3.8) is 0 Å². The number of benzene rings is 1. The monoisotopic (exact) mass is 295 g/mol. The van der Waals surface area contributed by atoms with Gasteiger partial charge in [-0.2, -0.15) is 0 Å². The number of hydrogen-bond donors (Lipinski definition) is 1. The summed E-state index contributed by atoms with van der Waals surface area (Å²) in [5.74, 6) is -11.3. The van der Waals surface area contributed by atoms with Crippen LogP contribution in [0.3, 0.4) is 0 Å². The van der Waals surface area contributed by atoms with Crippen molar-refractivity contribution in [2.75, 3.05) is 6.54 Å². The van der Waals surface area contributed by atoms with Crippen LogP contribution in [0.5, 0.6) is 0 Å². The molecule has 1 heterocycles. The molecular formula is C12H10F5NO2. The molecule has 0 saturated carbocycles. The summed E-state index contributed by atoms with van der Waals surface area (Å²) in [6.07, 6.45) is 0.747. The van der Waals surface area contributed by atoms with E-state index in [9.17, 15) is 26.7 Å². The van der Waals surface area contributed by atoms with E-state index in [1.807, 2.05) is 0 Å². The van der Waals surface area contributed by atoms with Crippen LogP contribution in [0.25, 0.3) is 0 Å². The topological polar surface area (TPSA) is 40.5 Å². The summed E-state index contributed by atoms with van der Waals surface area (Å²) in [6, 6.07) is -0.982. The van der Waals surface area contributed by atoms with Crippen molar-refractivity contribution < 1.29 is 31.9 Å². The van der Waals surface area contributed by atoms with Gasteiger partial charge in [0.05, 0.1) is 0 Å². The summed E-state index contributed by atoms with van der Waals surface area (Å²) in [5.41, 5.74) is -1.01. The number of hydrogen-bond acceptors (Lipinski definition) is 2. The molecule has 0 radical (unpaired) electrons. The Balaban J connectivity index is 2.37. The van der Waals surface area contributed by atoms with Crippen LogP contribution in [0.2, 0.25) is 0 Å². The van der Waals surface area contributed by atoms with E-state index in [0.717, 1.165) is 0 Å². The molecule has 1 fully saturated rings. The van der Waals surface area contributed by atoms with E-state index in [4.69, 9.17) is 5.11 Å². The number of nitrogens with zero attached hydrogens (tertiary/aromatic N) is 1. The van der Waals surface area contributed by atoms with Crippen LogP contribution in [0.1, 0.15) is 18.4 Å². The van der Waals surface area contributed by atoms with Crippen LogP contribution in [-0.4, -0.2) is 28.6 Å². The number of halogens is 5. The fourth-order valence-electron chi connectivity index (χ4n) is 2.29. The lowest BCUT2D eigenvalue weighted by molar-refractivity contribution is -0.142. The highest BCUT2D eigenvalue weighted by molar-refractivity contribution is 5.73. The zero-order valence-electron chi connectivity index (χ0n) is 10.1. The summed E-state index contributed by atoms with van der Waals surface area (Å²) in [4.78, 5) is 12.1. The second-order valence-corrected chi connectivity index (χ2v) is 4.52. The zero-order valence-corrected chi connectivity index (χ0v) is 10.1. The summed E-state index contributed by atoms with van der Waals surface area (Å²) >= 11 is 0. The molecule has 110 valence electrons. The van der Waals surface area contributed by atoms with E-state index in [1.54, 1.807) is 0 Å². The highest BCUT2D eigenvalue weighted by Crippen LogP contribution is 2.27. The first-order chi connectivity index (χ1) is 9.34. The molecule has 20 heavy (non-hydrogen) atoms. The summed E-state index contributed by atoms with van der Waals surface area (Å²) in [6.45, 7) is -0.417. The Hall–Kier alpha value is -1.70. The van der Waals surface area contributed by atoms with E-state index < -0.39 is 53.2 Å². The summed E-state index contributed by atoms with van der Waals surface area (Å²) in [5, 5.41) is 8.92. The van der Waals surface area contributed by atoms with Gasteiger partial charge in [-0.1, -0.05) is 0 Å². The molecular weight excluding hydrogens is 285 g/mol. The maximum Gasteiger partial charge on any atom is 0.320 e. The van der Waals surface area contributed by atoms with Crippen molar-refractivity contribution in [1.82, 2.24) is 4.90 Å². The van der Waals surface area contributed by atoms with E-state index in [-0.39, 0.29) is 13.0 Å². The average molecular weight is 295 g/mol. The van der Waals surface area contributed by atoms with Gasteiger partial charge in [0.1, 0.15) is 6.04 Å². The van der Waals surface area contributed by atoms with E-state index in [1.165, 1.54) is 4.90 Å². The van der Waals surface area contributed by atoms with Gasteiger partial charge in [-0.05, 0) is 19.4 Å². The number of carboxylic acids is 1. The highest BCUT2D eigenvalue weighted by Gasteiger charge is 2.33. The molecule has 0 unspecified atom stereocenters. The summed E-state index contributed by atoms with van der Waals surface area (Å²) in [7, 11) is 0. The lowest BCUT2D eigenvalue weighted by Crippen LogP contribution is -2.36. The van der Waals surface area contributed by atoms with Gasteiger partial charge >= 0.3 is 5.97 Å². The van der Waals surface area contributed by atoms with Crippen LogP contribution >= 0.6 is 0 Å². The molecule has 3 nitrogen and oxygen atoms in total. The molecule has 0 bridgehead atoms. The van der Waals surface area contributed by atoms with Crippen LogP contribution in [0.4, 0.5) is 22.0 Å². The minimum absolute atomic E-state index is 0.219. The molecule has 1 saturated heterocycles. The van der Waals surface area contributed by atoms with Crippen LogP contribution < -0.4 is 0 Å². The van der Waals surface area contributed by atoms with E-state index in [0.29, 0.717) is 6.42 Å². The lowest BCUT2D eigenvalue weighted by Gasteiger charge is -2.21. The smallest absolute Gasteiger partial charge is 0.320 e. The minimum atomic E-state index is -2.22. The van der Waals surface area contributed by atoms with Crippen molar-refractivity contribution in [2.24, 2.45) is 0 Å². The molecule has 1 aliphatic heterocycles. The second-order valence-electron chi connectivity index (χ2n) is 4.52. The average Bonchev–Trinajstić information content (AvgIpc) is 2.87. The SMILES string of the molecule is O=C(O)[C@@H]1CCCN1Cc1c(F)c(F)c(F)c(F)c1F. The van der Waals surface area contributed by atoms with Crippen molar-refractivity contribution in [3.8, 4) is 0 Å². The molecule has 0 aromatic heterocycles. The van der Waals surface area contributed by atoms with Crippen molar-refractivity contribution >= 4 is 5.97 Å². The van der Waals surface area contributed by atoms with E-state index >= 15 is 0 Å². The second kappa shape index (κ2) is 5.35. The van der Waals surface area contributed by atoms with Crippen molar-refractivity contribution in [1.29, 1.82) is 0 Å². The normalized spacial score (nSPS) is 19.6. The minimum Gasteiger partial charge on any atom is -0.480 e. The highest BCUT2D eigenvalue weighted by atomic mass is 19.2. The fraction of sp³-hybridized carbons (Fsp3) is 0.417. The molecule has 0 spiro atoms. The Kier molecular flexibility index (Phi) is 3.94. The number of likely N-dealkylation sites (tertiary alicyclic amines) is 1. The van der Waals surface area contributed by atoms with Crippen LogP contribution in [-0.2, 0) is 11.3 Å². The zero-order chi connectivity index (χ0) is 15.0. The van der Waals surface area contributed by atoms with Gasteiger partial charge < -0.3 is 5.11 Å². The first-order valence-electron chi connectivity index (χ1n) is 5.81. The van der Waals surface area contributed by atoms with E-state index in [2.05, 4.69) is 0 Å². The quantitative estimate of drug-likeness (QED) is 0.529.